The summed E-state index contributed by atoms with van der Waals surface area (Å²) in [5.74, 6) is -0.317. The minimum atomic E-state index is -0.499. The molecule has 0 fully saturated rings. The van der Waals surface area contributed by atoms with E-state index < -0.39 is 6.61 Å². The van der Waals surface area contributed by atoms with Crippen molar-refractivity contribution in [3.8, 4) is 0 Å². The van der Waals surface area contributed by atoms with Crippen molar-refractivity contribution in [1.82, 2.24) is 10.6 Å². The zero-order chi connectivity index (χ0) is 15.3. The highest BCUT2D eigenvalue weighted by Gasteiger charge is 2.16. The van der Waals surface area contributed by atoms with Crippen molar-refractivity contribution in [2.75, 3.05) is 6.61 Å². The molecule has 0 spiro atoms. The molecule has 0 unspecified atom stereocenters. The van der Waals surface area contributed by atoms with Crippen molar-refractivity contribution in [1.29, 1.82) is 0 Å². The monoisotopic (exact) mass is 278 g/mol. The normalized spacial score (nSPS) is 12.7. The Labute approximate surface area is 119 Å². The Morgan fingerprint density at radius 2 is 1.75 bits per heavy atom. The van der Waals surface area contributed by atoms with Crippen molar-refractivity contribution < 1.29 is 14.7 Å². The van der Waals surface area contributed by atoms with E-state index in [2.05, 4.69) is 10.6 Å². The van der Waals surface area contributed by atoms with Gasteiger partial charge in [-0.2, -0.15) is 0 Å². The third kappa shape index (κ3) is 5.01. The molecule has 1 aromatic rings. The van der Waals surface area contributed by atoms with E-state index in [1.807, 2.05) is 27.7 Å². The molecule has 110 valence electrons. The van der Waals surface area contributed by atoms with Crippen LogP contribution in [0.25, 0.3) is 0 Å². The number of urea groups is 1. The summed E-state index contributed by atoms with van der Waals surface area (Å²) in [5, 5.41) is 14.4. The van der Waals surface area contributed by atoms with Crippen molar-refractivity contribution in [2.24, 2.45) is 0 Å². The Balaban J connectivity index is 2.66. The number of hydrogen-bond acceptors (Lipinski definition) is 3. The summed E-state index contributed by atoms with van der Waals surface area (Å²) >= 11 is 0. The van der Waals surface area contributed by atoms with Crippen LogP contribution in [-0.4, -0.2) is 29.1 Å². The zero-order valence-electron chi connectivity index (χ0n) is 12.4. The number of carbonyl (C=O) groups excluding carboxylic acids is 2. The highest BCUT2D eigenvalue weighted by atomic mass is 16.3. The number of nitrogens with one attached hydrogen (secondary N) is 2. The van der Waals surface area contributed by atoms with Gasteiger partial charge in [-0.05, 0) is 33.3 Å². The van der Waals surface area contributed by atoms with Crippen LogP contribution < -0.4 is 10.6 Å². The second-order valence-corrected chi connectivity index (χ2v) is 5.77. The Kier molecular flexibility index (Phi) is 5.27. The first kappa shape index (κ1) is 16.2. The molecule has 3 N–H and O–H groups in total. The quantitative estimate of drug-likeness (QED) is 0.737. The molecule has 5 heteroatoms. The van der Waals surface area contributed by atoms with Crippen LogP contribution in [0.3, 0.4) is 0 Å². The molecule has 0 bridgehead atoms. The average Bonchev–Trinajstić information content (AvgIpc) is 2.35. The molecular weight excluding hydrogens is 256 g/mol. The van der Waals surface area contributed by atoms with Crippen LogP contribution >= 0.6 is 0 Å². The molecule has 0 saturated carbocycles. The fourth-order valence-corrected chi connectivity index (χ4v) is 1.71. The molecule has 20 heavy (non-hydrogen) atoms. The molecule has 1 aromatic carbocycles. The van der Waals surface area contributed by atoms with Crippen LogP contribution in [-0.2, 0) is 0 Å². The molecule has 0 radical (unpaired) electrons. The number of benzene rings is 1. The maximum Gasteiger partial charge on any atom is 0.315 e. The van der Waals surface area contributed by atoms with Gasteiger partial charge in [0.2, 0.25) is 0 Å². The zero-order valence-corrected chi connectivity index (χ0v) is 12.4. The number of ketones is 1. The number of hydrogen-bond donors (Lipinski definition) is 3. The number of amides is 2. The third-order valence-corrected chi connectivity index (χ3v) is 2.71. The van der Waals surface area contributed by atoms with Crippen molar-refractivity contribution in [3.63, 3.8) is 0 Å². The highest BCUT2D eigenvalue weighted by Crippen LogP contribution is 2.14. The Hall–Kier alpha value is -1.88. The van der Waals surface area contributed by atoms with Gasteiger partial charge in [0, 0.05) is 11.1 Å². The molecule has 0 aliphatic carbocycles. The SMILES string of the molecule is C[C@@H](NC(=O)NC(C)(C)C)c1ccc(C(=O)CO)cc1. The van der Waals surface area contributed by atoms with Crippen molar-refractivity contribution >= 4 is 11.8 Å². The summed E-state index contributed by atoms with van der Waals surface area (Å²) < 4.78 is 0. The van der Waals surface area contributed by atoms with Gasteiger partial charge in [-0.25, -0.2) is 4.79 Å². The lowest BCUT2D eigenvalue weighted by Crippen LogP contribution is -2.47. The highest BCUT2D eigenvalue weighted by molar-refractivity contribution is 5.96. The first-order valence-electron chi connectivity index (χ1n) is 6.55. The maximum absolute atomic E-state index is 11.8. The van der Waals surface area contributed by atoms with Gasteiger partial charge in [0.1, 0.15) is 6.61 Å². The molecular formula is C15H22N2O3. The summed E-state index contributed by atoms with van der Waals surface area (Å²) in [6, 6.07) is 6.42. The van der Waals surface area contributed by atoms with Gasteiger partial charge in [0.25, 0.3) is 0 Å². The molecule has 1 atom stereocenters. The first-order valence-corrected chi connectivity index (χ1v) is 6.55. The Bertz CT molecular complexity index is 475. The van der Waals surface area contributed by atoms with Crippen molar-refractivity contribution in [2.45, 2.75) is 39.3 Å². The Morgan fingerprint density at radius 1 is 1.20 bits per heavy atom. The Morgan fingerprint density at radius 3 is 2.20 bits per heavy atom. The molecule has 0 aromatic heterocycles. The maximum atomic E-state index is 11.8. The van der Waals surface area contributed by atoms with Crippen LogP contribution in [0, 0.1) is 0 Å². The van der Waals surface area contributed by atoms with Crippen LogP contribution in [0.2, 0.25) is 0 Å². The number of carbonyl (C=O) groups is 2. The topological polar surface area (TPSA) is 78.4 Å². The van der Waals surface area contributed by atoms with E-state index in [0.717, 1.165) is 5.56 Å². The van der Waals surface area contributed by atoms with Gasteiger partial charge >= 0.3 is 6.03 Å². The van der Waals surface area contributed by atoms with E-state index in [4.69, 9.17) is 5.11 Å². The molecule has 1 rings (SSSR count). The molecule has 0 saturated heterocycles. The number of aliphatic hydroxyl groups is 1. The fourth-order valence-electron chi connectivity index (χ4n) is 1.71. The van der Waals surface area contributed by atoms with E-state index in [0.29, 0.717) is 5.56 Å². The van der Waals surface area contributed by atoms with Gasteiger partial charge in [-0.15, -0.1) is 0 Å². The van der Waals surface area contributed by atoms with Gasteiger partial charge in [0.05, 0.1) is 6.04 Å². The lowest BCUT2D eigenvalue weighted by Gasteiger charge is -2.23. The number of Topliss-reactive ketones (excluding diaryl/α,β-unsaturated/α-hetero) is 1. The second-order valence-electron chi connectivity index (χ2n) is 5.77. The minimum Gasteiger partial charge on any atom is -0.388 e. The standard InChI is InChI=1S/C15H22N2O3/c1-10(16-14(20)17-15(2,3)4)11-5-7-12(8-6-11)13(19)9-18/h5-8,10,18H,9H2,1-4H3,(H2,16,17,20)/t10-/m1/s1. The lowest BCUT2D eigenvalue weighted by atomic mass is 10.0. The van der Waals surface area contributed by atoms with Crippen molar-refractivity contribution in [3.05, 3.63) is 35.4 Å². The predicted octanol–water partition coefficient (Wildman–Crippen LogP) is 2.02. The molecule has 0 aliphatic rings. The van der Waals surface area contributed by atoms with Gasteiger partial charge in [-0.1, -0.05) is 24.3 Å². The van der Waals surface area contributed by atoms with Crippen LogP contribution in [0.1, 0.15) is 49.7 Å². The van der Waals surface area contributed by atoms with Crippen LogP contribution in [0.15, 0.2) is 24.3 Å². The summed E-state index contributed by atoms with van der Waals surface area (Å²) in [5.41, 5.74) is 1.06. The summed E-state index contributed by atoms with van der Waals surface area (Å²) in [7, 11) is 0. The number of aliphatic hydroxyl groups excluding tert-OH is 1. The van der Waals surface area contributed by atoms with Gasteiger partial charge < -0.3 is 15.7 Å². The van der Waals surface area contributed by atoms with E-state index in [1.165, 1.54) is 0 Å². The minimum absolute atomic E-state index is 0.171. The van der Waals surface area contributed by atoms with Crippen LogP contribution in [0.5, 0.6) is 0 Å². The van der Waals surface area contributed by atoms with E-state index in [1.54, 1.807) is 24.3 Å². The molecule has 0 heterocycles. The van der Waals surface area contributed by atoms with E-state index in [-0.39, 0.29) is 23.4 Å². The number of rotatable bonds is 4. The lowest BCUT2D eigenvalue weighted by molar-refractivity contribution is 0.0903. The second kappa shape index (κ2) is 6.52. The largest absolute Gasteiger partial charge is 0.388 e. The van der Waals surface area contributed by atoms with E-state index in [9.17, 15) is 9.59 Å². The average molecular weight is 278 g/mol. The summed E-state index contributed by atoms with van der Waals surface area (Å²) in [6.45, 7) is 7.10. The fraction of sp³-hybridized carbons (Fsp3) is 0.467. The van der Waals surface area contributed by atoms with E-state index >= 15 is 0 Å². The van der Waals surface area contributed by atoms with Gasteiger partial charge in [-0.3, -0.25) is 4.79 Å². The first-order chi connectivity index (χ1) is 9.23. The van der Waals surface area contributed by atoms with Crippen LogP contribution in [0.4, 0.5) is 4.79 Å². The van der Waals surface area contributed by atoms with Gasteiger partial charge in [0.15, 0.2) is 5.78 Å². The molecule has 5 nitrogen and oxygen atoms in total. The predicted molar refractivity (Wildman–Crippen MR) is 77.7 cm³/mol. The third-order valence-electron chi connectivity index (χ3n) is 2.71. The molecule has 2 amide bonds. The summed E-state index contributed by atoms with van der Waals surface area (Å²) in [6.07, 6.45) is 0. The summed E-state index contributed by atoms with van der Waals surface area (Å²) in [4.78, 5) is 23.1. The smallest absolute Gasteiger partial charge is 0.315 e. The molecule has 0 aliphatic heterocycles.